The quantitative estimate of drug-likeness (QED) is 0.726. The number of nitrogens with zero attached hydrogens (tertiary/aromatic N) is 2. The van der Waals surface area contributed by atoms with Crippen LogP contribution in [0.15, 0.2) is 24.3 Å². The van der Waals surface area contributed by atoms with E-state index in [2.05, 4.69) is 31.0 Å². The van der Waals surface area contributed by atoms with Gasteiger partial charge in [-0.3, -0.25) is 4.79 Å². The van der Waals surface area contributed by atoms with Crippen molar-refractivity contribution in [1.29, 1.82) is 0 Å². The molecule has 0 N–H and O–H groups in total. The van der Waals surface area contributed by atoms with Crippen molar-refractivity contribution in [2.45, 2.75) is 40.0 Å². The predicted molar refractivity (Wildman–Crippen MR) is 107 cm³/mol. The lowest BCUT2D eigenvalue weighted by molar-refractivity contribution is -0.135. The first-order valence-corrected chi connectivity index (χ1v) is 10.3. The SMILES string of the molecule is CCc1ccc(-c2nc(C)c(C(=O)OCC(=O)N3CCC(C)CC3)s2)cc1. The number of aryl methyl sites for hydroxylation is 2. The van der Waals surface area contributed by atoms with Gasteiger partial charge in [-0.1, -0.05) is 38.1 Å². The summed E-state index contributed by atoms with van der Waals surface area (Å²) in [5, 5.41) is 0.790. The van der Waals surface area contributed by atoms with Crippen LogP contribution in [0.1, 0.15) is 47.6 Å². The molecule has 0 unspecified atom stereocenters. The van der Waals surface area contributed by atoms with Crippen molar-refractivity contribution in [3.8, 4) is 10.6 Å². The minimum absolute atomic E-state index is 0.118. The first-order valence-electron chi connectivity index (χ1n) is 9.49. The van der Waals surface area contributed by atoms with Gasteiger partial charge in [0.15, 0.2) is 6.61 Å². The van der Waals surface area contributed by atoms with E-state index in [4.69, 9.17) is 4.74 Å². The lowest BCUT2D eigenvalue weighted by Gasteiger charge is -2.30. The highest BCUT2D eigenvalue weighted by molar-refractivity contribution is 7.17. The van der Waals surface area contributed by atoms with Crippen LogP contribution in [0, 0.1) is 12.8 Å². The molecule has 144 valence electrons. The molecule has 27 heavy (non-hydrogen) atoms. The molecule has 1 aromatic carbocycles. The molecule has 0 saturated carbocycles. The van der Waals surface area contributed by atoms with Gasteiger partial charge in [-0.25, -0.2) is 9.78 Å². The smallest absolute Gasteiger partial charge is 0.350 e. The number of ether oxygens (including phenoxy) is 1. The molecular formula is C21H26N2O3S. The zero-order valence-electron chi connectivity index (χ0n) is 16.2. The Morgan fingerprint density at radius 1 is 1.22 bits per heavy atom. The lowest BCUT2D eigenvalue weighted by Crippen LogP contribution is -2.40. The second-order valence-electron chi connectivity index (χ2n) is 7.12. The lowest BCUT2D eigenvalue weighted by atomic mass is 9.99. The Hall–Kier alpha value is -2.21. The van der Waals surface area contributed by atoms with Crippen LogP contribution in [-0.4, -0.2) is 41.5 Å². The molecule has 1 saturated heterocycles. The molecule has 0 spiro atoms. The summed E-state index contributed by atoms with van der Waals surface area (Å²) in [7, 11) is 0. The van der Waals surface area contributed by atoms with Crippen LogP contribution in [-0.2, 0) is 16.0 Å². The van der Waals surface area contributed by atoms with Crippen LogP contribution in [0.2, 0.25) is 0 Å². The number of hydrogen-bond donors (Lipinski definition) is 0. The van der Waals surface area contributed by atoms with E-state index >= 15 is 0 Å². The van der Waals surface area contributed by atoms with Gasteiger partial charge in [0, 0.05) is 18.7 Å². The number of likely N-dealkylation sites (tertiary alicyclic amines) is 1. The average molecular weight is 387 g/mol. The molecule has 5 nitrogen and oxygen atoms in total. The Morgan fingerprint density at radius 3 is 2.52 bits per heavy atom. The molecule has 2 aromatic rings. The van der Waals surface area contributed by atoms with Crippen LogP contribution in [0.5, 0.6) is 0 Å². The molecule has 2 heterocycles. The van der Waals surface area contributed by atoms with E-state index in [1.165, 1.54) is 16.9 Å². The summed E-state index contributed by atoms with van der Waals surface area (Å²) < 4.78 is 5.28. The standard InChI is InChI=1S/C21H26N2O3S/c1-4-16-5-7-17(8-6-16)20-22-15(3)19(27-20)21(25)26-13-18(24)23-11-9-14(2)10-12-23/h5-8,14H,4,9-13H2,1-3H3. The van der Waals surface area contributed by atoms with Gasteiger partial charge in [-0.15, -0.1) is 11.3 Å². The molecule has 1 fully saturated rings. The van der Waals surface area contributed by atoms with E-state index < -0.39 is 5.97 Å². The van der Waals surface area contributed by atoms with Crippen molar-refractivity contribution in [1.82, 2.24) is 9.88 Å². The maximum absolute atomic E-state index is 12.4. The summed E-state index contributed by atoms with van der Waals surface area (Å²) in [4.78, 5) is 31.4. The van der Waals surface area contributed by atoms with Crippen molar-refractivity contribution in [2.24, 2.45) is 5.92 Å². The van der Waals surface area contributed by atoms with E-state index in [-0.39, 0.29) is 12.5 Å². The Bertz CT molecular complexity index is 805. The molecule has 1 aliphatic heterocycles. The fraction of sp³-hybridized carbons (Fsp3) is 0.476. The molecule has 0 atom stereocenters. The van der Waals surface area contributed by atoms with Gasteiger partial charge in [0.25, 0.3) is 5.91 Å². The van der Waals surface area contributed by atoms with Gasteiger partial charge in [0.2, 0.25) is 0 Å². The maximum atomic E-state index is 12.4. The third-order valence-corrected chi connectivity index (χ3v) is 6.24. The molecule has 1 aliphatic rings. The summed E-state index contributed by atoms with van der Waals surface area (Å²) in [6.07, 6.45) is 3.00. The van der Waals surface area contributed by atoms with Crippen LogP contribution in [0.3, 0.4) is 0 Å². The van der Waals surface area contributed by atoms with E-state index in [1.54, 1.807) is 11.8 Å². The van der Waals surface area contributed by atoms with Gasteiger partial charge in [0.05, 0.1) is 5.69 Å². The maximum Gasteiger partial charge on any atom is 0.350 e. The van der Waals surface area contributed by atoms with Crippen LogP contribution >= 0.6 is 11.3 Å². The van der Waals surface area contributed by atoms with E-state index in [0.29, 0.717) is 16.5 Å². The number of piperidine rings is 1. The number of carbonyl (C=O) groups excluding carboxylic acids is 2. The minimum Gasteiger partial charge on any atom is -0.451 e. The third-order valence-electron chi connectivity index (χ3n) is 5.05. The number of esters is 1. The largest absolute Gasteiger partial charge is 0.451 e. The number of thiazole rings is 1. The summed E-state index contributed by atoms with van der Waals surface area (Å²) in [5.41, 5.74) is 2.88. The highest BCUT2D eigenvalue weighted by Gasteiger charge is 2.23. The van der Waals surface area contributed by atoms with Crippen molar-refractivity contribution in [3.05, 3.63) is 40.4 Å². The van der Waals surface area contributed by atoms with Crippen molar-refractivity contribution < 1.29 is 14.3 Å². The zero-order valence-corrected chi connectivity index (χ0v) is 17.0. The minimum atomic E-state index is -0.472. The Morgan fingerprint density at radius 2 is 1.89 bits per heavy atom. The van der Waals surface area contributed by atoms with Gasteiger partial charge in [0.1, 0.15) is 9.88 Å². The van der Waals surface area contributed by atoms with Crippen molar-refractivity contribution in [2.75, 3.05) is 19.7 Å². The van der Waals surface area contributed by atoms with Crippen molar-refractivity contribution in [3.63, 3.8) is 0 Å². The summed E-state index contributed by atoms with van der Waals surface area (Å²) >= 11 is 1.31. The zero-order chi connectivity index (χ0) is 19.4. The third kappa shape index (κ3) is 4.75. The fourth-order valence-electron chi connectivity index (χ4n) is 3.13. The molecule has 6 heteroatoms. The molecule has 3 rings (SSSR count). The highest BCUT2D eigenvalue weighted by Crippen LogP contribution is 2.28. The number of benzene rings is 1. The second kappa shape index (κ2) is 8.65. The summed E-state index contributed by atoms with van der Waals surface area (Å²) in [5.74, 6) is 0.0641. The predicted octanol–water partition coefficient (Wildman–Crippen LogP) is 4.10. The normalized spacial score (nSPS) is 15.0. The van der Waals surface area contributed by atoms with E-state index in [1.807, 2.05) is 12.1 Å². The van der Waals surface area contributed by atoms with E-state index in [0.717, 1.165) is 42.9 Å². The van der Waals surface area contributed by atoms with Gasteiger partial charge < -0.3 is 9.64 Å². The number of rotatable bonds is 5. The molecule has 1 aromatic heterocycles. The molecular weight excluding hydrogens is 360 g/mol. The van der Waals surface area contributed by atoms with Gasteiger partial charge in [-0.2, -0.15) is 0 Å². The Balaban J connectivity index is 1.61. The first kappa shape index (κ1) is 19.5. The average Bonchev–Trinajstić information content (AvgIpc) is 3.08. The second-order valence-corrected chi connectivity index (χ2v) is 8.12. The summed E-state index contributed by atoms with van der Waals surface area (Å²) in [6, 6.07) is 8.19. The molecule has 0 aliphatic carbocycles. The Labute approximate surface area is 164 Å². The number of hydrogen-bond acceptors (Lipinski definition) is 5. The molecule has 0 bridgehead atoms. The van der Waals surface area contributed by atoms with Crippen LogP contribution < -0.4 is 0 Å². The monoisotopic (exact) mass is 386 g/mol. The van der Waals surface area contributed by atoms with Crippen molar-refractivity contribution >= 4 is 23.2 Å². The van der Waals surface area contributed by atoms with Gasteiger partial charge in [-0.05, 0) is 37.7 Å². The van der Waals surface area contributed by atoms with E-state index in [9.17, 15) is 9.59 Å². The summed E-state index contributed by atoms with van der Waals surface area (Å²) in [6.45, 7) is 7.39. The topological polar surface area (TPSA) is 59.5 Å². The van der Waals surface area contributed by atoms with Crippen LogP contribution in [0.25, 0.3) is 10.6 Å². The number of amides is 1. The number of carbonyl (C=O) groups is 2. The first-order chi connectivity index (χ1) is 13.0. The highest BCUT2D eigenvalue weighted by atomic mass is 32.1. The molecule has 1 amide bonds. The van der Waals surface area contributed by atoms with Crippen LogP contribution in [0.4, 0.5) is 0 Å². The number of aromatic nitrogens is 1. The Kier molecular flexibility index (Phi) is 6.26. The molecule has 0 radical (unpaired) electrons. The van der Waals surface area contributed by atoms with Gasteiger partial charge >= 0.3 is 5.97 Å². The fourth-order valence-corrected chi connectivity index (χ4v) is 4.10.